The number of aromatic nitrogens is 2. The lowest BCUT2D eigenvalue weighted by atomic mass is 9.78. The van der Waals surface area contributed by atoms with Crippen molar-refractivity contribution in [1.29, 1.82) is 0 Å². The van der Waals surface area contributed by atoms with E-state index in [1.54, 1.807) is 0 Å². The second-order valence-corrected chi connectivity index (χ2v) is 9.97. The highest BCUT2D eigenvalue weighted by molar-refractivity contribution is 6.62. The lowest BCUT2D eigenvalue weighted by molar-refractivity contribution is 0.00578. The van der Waals surface area contributed by atoms with E-state index in [1.807, 2.05) is 6.07 Å². The van der Waals surface area contributed by atoms with Gasteiger partial charge in [0.2, 0.25) is 0 Å². The van der Waals surface area contributed by atoms with Gasteiger partial charge in [-0.3, -0.25) is 4.40 Å². The molecule has 0 saturated carbocycles. The summed E-state index contributed by atoms with van der Waals surface area (Å²) in [5, 5.41) is 1.19. The molecule has 4 nitrogen and oxygen atoms in total. The number of hydrogen-bond acceptors (Lipinski definition) is 3. The van der Waals surface area contributed by atoms with Crippen LogP contribution in [0.3, 0.4) is 0 Å². The van der Waals surface area contributed by atoms with Crippen molar-refractivity contribution in [2.24, 2.45) is 0 Å². The largest absolute Gasteiger partial charge is 0.494 e. The van der Waals surface area contributed by atoms with E-state index in [0.717, 1.165) is 39.1 Å². The Morgan fingerprint density at radius 1 is 0.676 bits per heavy atom. The summed E-state index contributed by atoms with van der Waals surface area (Å²) in [4.78, 5) is 5.08. The minimum atomic E-state index is -0.377. The van der Waals surface area contributed by atoms with Crippen LogP contribution in [0.2, 0.25) is 0 Å². The van der Waals surface area contributed by atoms with E-state index in [9.17, 15) is 0 Å². The number of rotatable bonds is 3. The maximum Gasteiger partial charge on any atom is 0.494 e. The molecule has 0 bridgehead atoms. The number of para-hydroxylation sites is 1. The van der Waals surface area contributed by atoms with Crippen LogP contribution < -0.4 is 5.46 Å². The number of benzene rings is 3. The van der Waals surface area contributed by atoms with Crippen molar-refractivity contribution in [3.63, 3.8) is 0 Å². The number of fused-ring (bicyclic) bond motifs is 3. The van der Waals surface area contributed by atoms with E-state index in [0.29, 0.717) is 0 Å². The van der Waals surface area contributed by atoms with E-state index in [4.69, 9.17) is 14.3 Å². The minimum absolute atomic E-state index is 0.362. The van der Waals surface area contributed by atoms with Gasteiger partial charge in [0, 0.05) is 11.1 Å². The van der Waals surface area contributed by atoms with E-state index in [1.165, 1.54) is 5.39 Å². The summed E-state index contributed by atoms with van der Waals surface area (Å²) in [6.45, 7) is 8.31. The molecule has 0 spiro atoms. The van der Waals surface area contributed by atoms with Gasteiger partial charge in [0.15, 0.2) is 0 Å². The first-order chi connectivity index (χ1) is 16.3. The Morgan fingerprint density at radius 2 is 1.32 bits per heavy atom. The molecular formula is C29H27BN2O2. The molecule has 0 unspecified atom stereocenters. The zero-order valence-electron chi connectivity index (χ0n) is 19.9. The molecule has 0 radical (unpaired) electrons. The maximum absolute atomic E-state index is 6.24. The molecule has 0 N–H and O–H groups in total. The first-order valence-electron chi connectivity index (χ1n) is 11.8. The molecule has 3 heterocycles. The van der Waals surface area contributed by atoms with E-state index < -0.39 is 0 Å². The maximum atomic E-state index is 6.24. The Bertz CT molecular complexity index is 1490. The van der Waals surface area contributed by atoms with Gasteiger partial charge >= 0.3 is 7.12 Å². The van der Waals surface area contributed by atoms with Crippen LogP contribution in [-0.4, -0.2) is 27.7 Å². The van der Waals surface area contributed by atoms with E-state index in [2.05, 4.69) is 117 Å². The third kappa shape index (κ3) is 3.27. The highest BCUT2D eigenvalue weighted by atomic mass is 16.7. The van der Waals surface area contributed by atoms with Crippen LogP contribution in [0.25, 0.3) is 39.1 Å². The first kappa shape index (κ1) is 21.1. The molecular weight excluding hydrogens is 419 g/mol. The molecule has 34 heavy (non-hydrogen) atoms. The molecule has 3 aromatic carbocycles. The van der Waals surface area contributed by atoms with Gasteiger partial charge in [-0.15, -0.1) is 0 Å². The van der Waals surface area contributed by atoms with Crippen molar-refractivity contribution in [2.45, 2.75) is 38.9 Å². The molecule has 1 aliphatic heterocycles. The molecule has 2 aromatic heterocycles. The molecule has 1 aliphatic rings. The minimum Gasteiger partial charge on any atom is -0.399 e. The fourth-order valence-corrected chi connectivity index (χ4v) is 4.63. The summed E-state index contributed by atoms with van der Waals surface area (Å²) in [7, 11) is -0.377. The quantitative estimate of drug-likeness (QED) is 0.313. The average molecular weight is 446 g/mol. The predicted molar refractivity (Wildman–Crippen MR) is 139 cm³/mol. The smallest absolute Gasteiger partial charge is 0.399 e. The van der Waals surface area contributed by atoms with Crippen LogP contribution >= 0.6 is 0 Å². The van der Waals surface area contributed by atoms with Gasteiger partial charge in [0.25, 0.3) is 0 Å². The third-order valence-corrected chi connectivity index (χ3v) is 7.25. The first-order valence-corrected chi connectivity index (χ1v) is 11.8. The summed E-state index contributed by atoms with van der Waals surface area (Å²) < 4.78 is 14.8. The molecule has 0 atom stereocenters. The Kier molecular flexibility index (Phi) is 4.70. The van der Waals surface area contributed by atoms with E-state index >= 15 is 0 Å². The van der Waals surface area contributed by atoms with Crippen LogP contribution in [0, 0.1) is 0 Å². The lowest BCUT2D eigenvalue weighted by Crippen LogP contribution is -2.41. The van der Waals surface area contributed by atoms with Crippen molar-refractivity contribution >= 4 is 29.1 Å². The number of pyridine rings is 1. The Hall–Kier alpha value is -3.41. The molecule has 6 rings (SSSR count). The molecule has 5 aromatic rings. The van der Waals surface area contributed by atoms with Gasteiger partial charge in [-0.2, -0.15) is 0 Å². The molecule has 1 saturated heterocycles. The summed E-state index contributed by atoms with van der Waals surface area (Å²) in [6, 6.07) is 31.6. The SMILES string of the molecule is CC1(C)OB(c2ccc(-c3nc4ccc5ccccc5n4c3-c3ccccc3)cc2)OC1(C)C. The summed E-state index contributed by atoms with van der Waals surface area (Å²) >= 11 is 0. The van der Waals surface area contributed by atoms with Gasteiger partial charge in [-0.05, 0) is 56.7 Å². The van der Waals surface area contributed by atoms with Crippen LogP contribution in [0.5, 0.6) is 0 Å². The van der Waals surface area contributed by atoms with Crippen molar-refractivity contribution < 1.29 is 9.31 Å². The highest BCUT2D eigenvalue weighted by Crippen LogP contribution is 2.37. The van der Waals surface area contributed by atoms with Gasteiger partial charge in [0.1, 0.15) is 5.65 Å². The molecule has 0 amide bonds. The van der Waals surface area contributed by atoms with Crippen molar-refractivity contribution in [2.75, 3.05) is 0 Å². The molecule has 0 aliphatic carbocycles. The number of nitrogens with zero attached hydrogens (tertiary/aromatic N) is 2. The predicted octanol–water partition coefficient (Wildman–Crippen LogP) is 6.12. The van der Waals surface area contributed by atoms with Gasteiger partial charge < -0.3 is 9.31 Å². The fourth-order valence-electron chi connectivity index (χ4n) is 4.63. The van der Waals surface area contributed by atoms with Crippen molar-refractivity contribution in [1.82, 2.24) is 9.38 Å². The Labute approximate surface area is 200 Å². The topological polar surface area (TPSA) is 35.8 Å². The zero-order valence-corrected chi connectivity index (χ0v) is 19.9. The normalized spacial score (nSPS) is 17.0. The monoisotopic (exact) mass is 446 g/mol. The Morgan fingerprint density at radius 3 is 2.03 bits per heavy atom. The second kappa shape index (κ2) is 7.56. The van der Waals surface area contributed by atoms with Crippen LogP contribution in [0.15, 0.2) is 91.0 Å². The average Bonchev–Trinajstić information content (AvgIpc) is 3.34. The third-order valence-electron chi connectivity index (χ3n) is 7.25. The van der Waals surface area contributed by atoms with Gasteiger partial charge in [-0.25, -0.2) is 4.98 Å². The highest BCUT2D eigenvalue weighted by Gasteiger charge is 2.51. The molecule has 5 heteroatoms. The standard InChI is InChI=1S/C29H27BN2O2/c1-28(2)29(3,4)34-30(33-28)23-17-14-21(15-18-23)26-27(22-11-6-5-7-12-22)32-24-13-9-8-10-20(24)16-19-25(32)31-26/h5-19H,1-4H3. The second-order valence-electron chi connectivity index (χ2n) is 9.97. The summed E-state index contributed by atoms with van der Waals surface area (Å²) in [5.74, 6) is 0. The number of imidazole rings is 1. The Balaban J connectivity index is 1.50. The van der Waals surface area contributed by atoms with Crippen LogP contribution in [0.1, 0.15) is 27.7 Å². The fraction of sp³-hybridized carbons (Fsp3) is 0.207. The lowest BCUT2D eigenvalue weighted by Gasteiger charge is -2.32. The van der Waals surface area contributed by atoms with Crippen LogP contribution in [-0.2, 0) is 9.31 Å². The molecule has 168 valence electrons. The van der Waals surface area contributed by atoms with Crippen molar-refractivity contribution in [3.8, 4) is 22.5 Å². The van der Waals surface area contributed by atoms with Gasteiger partial charge in [0.05, 0.1) is 28.1 Å². The van der Waals surface area contributed by atoms with Crippen molar-refractivity contribution in [3.05, 3.63) is 91.0 Å². The molecule has 1 fully saturated rings. The summed E-state index contributed by atoms with van der Waals surface area (Å²) in [6.07, 6.45) is 0. The number of hydrogen-bond donors (Lipinski definition) is 0. The van der Waals surface area contributed by atoms with Crippen LogP contribution in [0.4, 0.5) is 0 Å². The summed E-state index contributed by atoms with van der Waals surface area (Å²) in [5.41, 5.74) is 6.62. The zero-order chi connectivity index (χ0) is 23.5. The van der Waals surface area contributed by atoms with E-state index in [-0.39, 0.29) is 18.3 Å². The van der Waals surface area contributed by atoms with Gasteiger partial charge in [-0.1, -0.05) is 72.8 Å².